The van der Waals surface area contributed by atoms with Gasteiger partial charge in [-0.3, -0.25) is 9.59 Å². The first-order chi connectivity index (χ1) is 11.3. The lowest BCUT2D eigenvalue weighted by molar-refractivity contribution is -0.148. The van der Waals surface area contributed by atoms with Gasteiger partial charge >= 0.3 is 5.97 Å². The van der Waals surface area contributed by atoms with E-state index in [1.807, 2.05) is 0 Å². The van der Waals surface area contributed by atoms with Crippen LogP contribution in [-0.4, -0.2) is 17.9 Å². The van der Waals surface area contributed by atoms with Crippen molar-refractivity contribution in [2.75, 3.05) is 0 Å². The highest BCUT2D eigenvalue weighted by Gasteiger charge is 2.56. The van der Waals surface area contributed by atoms with Crippen molar-refractivity contribution in [2.24, 2.45) is 22.7 Å². The molecule has 3 nitrogen and oxygen atoms in total. The van der Waals surface area contributed by atoms with Crippen molar-refractivity contribution < 1.29 is 14.3 Å². The Morgan fingerprint density at radius 2 is 1.79 bits per heavy atom. The Hall–Kier alpha value is -1.38. The molecule has 0 aliphatic heterocycles. The van der Waals surface area contributed by atoms with Crippen molar-refractivity contribution in [3.05, 3.63) is 23.3 Å². The Balaban J connectivity index is 1.65. The summed E-state index contributed by atoms with van der Waals surface area (Å²) in [5.74, 6) is 1.32. The summed E-state index contributed by atoms with van der Waals surface area (Å²) >= 11 is 0. The minimum absolute atomic E-state index is 0.0405. The zero-order chi connectivity index (χ0) is 17.1. The van der Waals surface area contributed by atoms with Crippen molar-refractivity contribution in [3.63, 3.8) is 0 Å². The van der Waals surface area contributed by atoms with Gasteiger partial charge in [-0.2, -0.15) is 0 Å². The first-order valence-electron chi connectivity index (χ1n) is 9.46. The number of rotatable bonds is 1. The summed E-state index contributed by atoms with van der Waals surface area (Å²) in [7, 11) is 0. The first-order valence-corrected chi connectivity index (χ1v) is 9.46. The van der Waals surface area contributed by atoms with E-state index in [4.69, 9.17) is 4.74 Å². The van der Waals surface area contributed by atoms with Crippen LogP contribution in [0.2, 0.25) is 0 Å². The molecule has 4 aliphatic carbocycles. The zero-order valence-corrected chi connectivity index (χ0v) is 15.1. The molecule has 3 saturated carbocycles. The van der Waals surface area contributed by atoms with Gasteiger partial charge in [-0.15, -0.1) is 0 Å². The Bertz CT molecular complexity index is 658. The quantitative estimate of drug-likeness (QED) is 0.671. The molecule has 0 aromatic rings. The van der Waals surface area contributed by atoms with Crippen LogP contribution in [0.5, 0.6) is 0 Å². The van der Waals surface area contributed by atoms with E-state index in [9.17, 15) is 9.59 Å². The minimum Gasteiger partial charge on any atom is -0.462 e. The second kappa shape index (κ2) is 5.31. The molecule has 3 heteroatoms. The summed E-state index contributed by atoms with van der Waals surface area (Å²) in [6.07, 6.45) is 11.5. The molecule has 0 aromatic carbocycles. The largest absolute Gasteiger partial charge is 0.462 e. The molecule has 3 fully saturated rings. The standard InChI is InChI=1S/C21H28O3/c1-13(22)24-15-8-10-20(2)14(12-15)4-5-16-17-6-7-19(23)21(17,3)11-9-18(16)20/h4-5,15,17-18H,6-12H2,1-3H3/t15-,17+,18-,20-,21+/m1/s1. The van der Waals surface area contributed by atoms with Crippen molar-refractivity contribution in [1.82, 2.24) is 0 Å². The van der Waals surface area contributed by atoms with Crippen LogP contribution in [0, 0.1) is 22.7 Å². The molecule has 0 unspecified atom stereocenters. The molecule has 0 radical (unpaired) electrons. The number of esters is 1. The molecular weight excluding hydrogens is 300 g/mol. The second-order valence-corrected chi connectivity index (χ2v) is 8.77. The Kier molecular flexibility index (Phi) is 3.56. The van der Waals surface area contributed by atoms with Crippen LogP contribution in [0.3, 0.4) is 0 Å². The topological polar surface area (TPSA) is 43.4 Å². The van der Waals surface area contributed by atoms with Gasteiger partial charge < -0.3 is 4.74 Å². The maximum Gasteiger partial charge on any atom is 0.302 e. The molecule has 5 atom stereocenters. The molecule has 24 heavy (non-hydrogen) atoms. The van der Waals surface area contributed by atoms with Crippen LogP contribution < -0.4 is 0 Å². The Morgan fingerprint density at radius 3 is 2.54 bits per heavy atom. The van der Waals surface area contributed by atoms with Crippen LogP contribution in [-0.2, 0) is 14.3 Å². The van der Waals surface area contributed by atoms with E-state index in [1.165, 1.54) is 18.1 Å². The van der Waals surface area contributed by atoms with Crippen molar-refractivity contribution >= 4 is 11.8 Å². The van der Waals surface area contributed by atoms with Crippen LogP contribution in [0.1, 0.15) is 65.7 Å². The number of allylic oxidation sites excluding steroid dienone is 3. The van der Waals surface area contributed by atoms with Crippen LogP contribution in [0.15, 0.2) is 23.3 Å². The number of carbonyl (C=O) groups is 2. The second-order valence-electron chi connectivity index (χ2n) is 8.77. The lowest BCUT2D eigenvalue weighted by Crippen LogP contribution is -2.46. The number of carbonyl (C=O) groups excluding carboxylic acids is 2. The molecule has 0 aromatic heterocycles. The van der Waals surface area contributed by atoms with Gasteiger partial charge in [0, 0.05) is 25.2 Å². The molecule has 130 valence electrons. The third-order valence-corrected chi connectivity index (χ3v) is 7.57. The number of ether oxygens (including phenoxy) is 1. The summed E-state index contributed by atoms with van der Waals surface area (Å²) in [6, 6.07) is 0. The summed E-state index contributed by atoms with van der Waals surface area (Å²) in [6.45, 7) is 6.10. The van der Waals surface area contributed by atoms with E-state index in [0.29, 0.717) is 17.6 Å². The van der Waals surface area contributed by atoms with Crippen molar-refractivity contribution in [1.29, 1.82) is 0 Å². The van der Waals surface area contributed by atoms with Gasteiger partial charge in [0.2, 0.25) is 0 Å². The fraction of sp³-hybridized carbons (Fsp3) is 0.714. The highest BCUT2D eigenvalue weighted by atomic mass is 16.5. The molecule has 4 aliphatic rings. The average molecular weight is 328 g/mol. The van der Waals surface area contributed by atoms with E-state index < -0.39 is 0 Å². The number of hydrogen-bond donors (Lipinski definition) is 0. The van der Waals surface area contributed by atoms with Gasteiger partial charge in [0.15, 0.2) is 0 Å². The molecule has 4 rings (SSSR count). The Morgan fingerprint density at radius 1 is 1.08 bits per heavy atom. The van der Waals surface area contributed by atoms with Gasteiger partial charge in [0.25, 0.3) is 0 Å². The fourth-order valence-electron chi connectivity index (χ4n) is 6.08. The molecule has 0 saturated heterocycles. The molecule has 0 bridgehead atoms. The lowest BCUT2D eigenvalue weighted by atomic mass is 9.51. The van der Waals surface area contributed by atoms with Gasteiger partial charge in [-0.05, 0) is 49.4 Å². The summed E-state index contributed by atoms with van der Waals surface area (Å²) < 4.78 is 5.48. The lowest BCUT2D eigenvalue weighted by Gasteiger charge is -2.53. The summed E-state index contributed by atoms with van der Waals surface area (Å²) in [5.41, 5.74) is 3.06. The van der Waals surface area contributed by atoms with Gasteiger partial charge in [-0.25, -0.2) is 0 Å². The van der Waals surface area contributed by atoms with E-state index in [1.54, 1.807) is 0 Å². The minimum atomic E-state index is -0.172. The number of Topliss-reactive ketones (excluding diaryl/α,β-unsaturated/α-hetero) is 1. The number of hydrogen-bond acceptors (Lipinski definition) is 3. The first kappa shape index (κ1) is 16.1. The van der Waals surface area contributed by atoms with Gasteiger partial charge in [0.05, 0.1) is 0 Å². The molecule has 0 heterocycles. The normalized spacial score (nSPS) is 44.0. The van der Waals surface area contributed by atoms with E-state index in [-0.39, 0.29) is 22.9 Å². The number of fused-ring (bicyclic) bond motifs is 5. The van der Waals surface area contributed by atoms with E-state index in [0.717, 1.165) is 44.9 Å². The fourth-order valence-corrected chi connectivity index (χ4v) is 6.08. The highest BCUT2D eigenvalue weighted by Crippen LogP contribution is 2.62. The third kappa shape index (κ3) is 2.16. The van der Waals surface area contributed by atoms with Crippen LogP contribution in [0.4, 0.5) is 0 Å². The smallest absolute Gasteiger partial charge is 0.302 e. The third-order valence-electron chi connectivity index (χ3n) is 7.57. The zero-order valence-electron chi connectivity index (χ0n) is 15.1. The maximum absolute atomic E-state index is 12.4. The highest BCUT2D eigenvalue weighted by molar-refractivity contribution is 5.88. The monoisotopic (exact) mass is 328 g/mol. The van der Waals surface area contributed by atoms with Gasteiger partial charge in [-0.1, -0.05) is 37.1 Å². The number of ketones is 1. The van der Waals surface area contributed by atoms with E-state index in [2.05, 4.69) is 26.0 Å². The average Bonchev–Trinajstić information content (AvgIpc) is 2.83. The maximum atomic E-state index is 12.4. The van der Waals surface area contributed by atoms with Crippen LogP contribution in [0.25, 0.3) is 0 Å². The Labute approximate surface area is 144 Å². The van der Waals surface area contributed by atoms with Crippen molar-refractivity contribution in [2.45, 2.75) is 71.8 Å². The SMILES string of the molecule is CC(=O)O[C@@H]1CC[C@]2(C)C(=CC=C3[C@H]2CC[C@]2(C)C(=O)CC[C@@H]32)C1. The molecule has 0 N–H and O–H groups in total. The predicted octanol–water partition coefficient (Wildman–Crippen LogP) is 4.37. The predicted molar refractivity (Wildman–Crippen MR) is 92.2 cm³/mol. The van der Waals surface area contributed by atoms with E-state index >= 15 is 0 Å². The van der Waals surface area contributed by atoms with Gasteiger partial charge in [0.1, 0.15) is 11.9 Å². The van der Waals surface area contributed by atoms with Crippen molar-refractivity contribution in [3.8, 4) is 0 Å². The summed E-state index contributed by atoms with van der Waals surface area (Å²) in [5, 5.41) is 0. The molecular formula is C21H28O3. The van der Waals surface area contributed by atoms with Crippen LogP contribution >= 0.6 is 0 Å². The molecule has 0 spiro atoms. The summed E-state index contributed by atoms with van der Waals surface area (Å²) in [4.78, 5) is 23.7. The molecule has 0 amide bonds.